The van der Waals surface area contributed by atoms with Gasteiger partial charge in [-0.05, 0) is 30.4 Å². The number of phenolic OH excluding ortho intramolecular Hbond substituents is 1. The van der Waals surface area contributed by atoms with E-state index in [4.69, 9.17) is 0 Å². The lowest BCUT2D eigenvalue weighted by molar-refractivity contribution is -0.274. The summed E-state index contributed by atoms with van der Waals surface area (Å²) in [4.78, 5) is 11.9. The second kappa shape index (κ2) is 6.34. The maximum atomic E-state index is 12.3. The molecular weight excluding hydrogens is 297 g/mol. The molecule has 3 nitrogen and oxygen atoms in total. The van der Waals surface area contributed by atoms with Gasteiger partial charge in [-0.25, -0.2) is 0 Å². The molecule has 1 N–H and O–H groups in total. The van der Waals surface area contributed by atoms with E-state index in [1.165, 1.54) is 36.4 Å². The van der Waals surface area contributed by atoms with Crippen molar-refractivity contribution in [3.8, 4) is 11.5 Å². The van der Waals surface area contributed by atoms with Crippen LogP contribution in [0.15, 0.2) is 54.6 Å². The highest BCUT2D eigenvalue weighted by atomic mass is 19.4. The van der Waals surface area contributed by atoms with Crippen molar-refractivity contribution >= 4 is 11.9 Å². The van der Waals surface area contributed by atoms with Gasteiger partial charge in [0.1, 0.15) is 11.5 Å². The zero-order valence-corrected chi connectivity index (χ0v) is 11.2. The van der Waals surface area contributed by atoms with Crippen molar-refractivity contribution in [3.63, 3.8) is 0 Å². The fourth-order valence-corrected chi connectivity index (χ4v) is 1.77. The molecule has 0 spiro atoms. The largest absolute Gasteiger partial charge is 0.573 e. The first-order valence-corrected chi connectivity index (χ1v) is 6.22. The summed E-state index contributed by atoms with van der Waals surface area (Å²) in [6.45, 7) is 0. The number of carbonyl (C=O) groups is 1. The first-order valence-electron chi connectivity index (χ1n) is 6.22. The molecule has 0 aliphatic carbocycles. The highest BCUT2D eigenvalue weighted by molar-refractivity contribution is 6.08. The molecule has 0 fully saturated rings. The maximum absolute atomic E-state index is 12.3. The molecule has 0 saturated carbocycles. The Morgan fingerprint density at radius 2 is 1.68 bits per heavy atom. The van der Waals surface area contributed by atoms with Crippen LogP contribution in [0, 0.1) is 0 Å². The maximum Gasteiger partial charge on any atom is 0.573 e. The molecule has 0 radical (unpaired) electrons. The van der Waals surface area contributed by atoms with Gasteiger partial charge in [-0.2, -0.15) is 0 Å². The van der Waals surface area contributed by atoms with E-state index in [-0.39, 0.29) is 16.9 Å². The number of allylic oxidation sites excluding steroid dienone is 1. The van der Waals surface area contributed by atoms with E-state index in [1.807, 2.05) is 0 Å². The number of ketones is 1. The highest BCUT2D eigenvalue weighted by Crippen LogP contribution is 2.27. The van der Waals surface area contributed by atoms with E-state index in [0.29, 0.717) is 0 Å². The normalized spacial score (nSPS) is 11.6. The van der Waals surface area contributed by atoms with Gasteiger partial charge in [-0.3, -0.25) is 4.79 Å². The van der Waals surface area contributed by atoms with Crippen molar-refractivity contribution in [2.45, 2.75) is 6.36 Å². The minimum Gasteiger partial charge on any atom is -0.507 e. The molecule has 0 saturated heterocycles. The second-order valence-corrected chi connectivity index (χ2v) is 4.30. The smallest absolute Gasteiger partial charge is 0.507 e. The summed E-state index contributed by atoms with van der Waals surface area (Å²) in [7, 11) is 0. The van der Waals surface area contributed by atoms with Crippen molar-refractivity contribution in [2.24, 2.45) is 0 Å². The number of halogens is 3. The van der Waals surface area contributed by atoms with E-state index < -0.39 is 17.9 Å². The van der Waals surface area contributed by atoms with Gasteiger partial charge in [-0.15, -0.1) is 13.2 Å². The fraction of sp³-hybridized carbons (Fsp3) is 0.0625. The molecule has 0 aliphatic rings. The molecular formula is C16H11F3O3. The molecule has 2 aromatic rings. The molecule has 0 heterocycles. The average molecular weight is 308 g/mol. The number of hydrogen-bond acceptors (Lipinski definition) is 3. The Hall–Kier alpha value is -2.76. The highest BCUT2D eigenvalue weighted by Gasteiger charge is 2.31. The Morgan fingerprint density at radius 3 is 2.36 bits per heavy atom. The third-order valence-electron chi connectivity index (χ3n) is 2.73. The van der Waals surface area contributed by atoms with Crippen molar-refractivity contribution in [2.75, 3.05) is 0 Å². The molecule has 0 aromatic heterocycles. The van der Waals surface area contributed by atoms with Gasteiger partial charge < -0.3 is 9.84 Å². The molecule has 0 bridgehead atoms. The number of phenols is 1. The average Bonchev–Trinajstić information content (AvgIpc) is 2.45. The van der Waals surface area contributed by atoms with Crippen molar-refractivity contribution in [1.82, 2.24) is 0 Å². The van der Waals surface area contributed by atoms with Crippen LogP contribution in [0.3, 0.4) is 0 Å². The van der Waals surface area contributed by atoms with Crippen molar-refractivity contribution in [1.29, 1.82) is 0 Å². The van der Waals surface area contributed by atoms with Gasteiger partial charge in [-0.1, -0.05) is 30.3 Å². The van der Waals surface area contributed by atoms with Crippen LogP contribution >= 0.6 is 0 Å². The molecule has 0 aliphatic heterocycles. The first-order chi connectivity index (χ1) is 10.4. The SMILES string of the molecule is O=C(/C=C/c1ccccc1OC(F)(F)F)c1ccccc1O. The van der Waals surface area contributed by atoms with Gasteiger partial charge in [0.05, 0.1) is 5.56 Å². The van der Waals surface area contributed by atoms with Crippen LogP contribution < -0.4 is 4.74 Å². The number of rotatable bonds is 4. The molecule has 0 amide bonds. The van der Waals surface area contributed by atoms with E-state index in [2.05, 4.69) is 4.74 Å². The predicted octanol–water partition coefficient (Wildman–Crippen LogP) is 4.19. The van der Waals surface area contributed by atoms with E-state index >= 15 is 0 Å². The summed E-state index contributed by atoms with van der Waals surface area (Å²) in [5.74, 6) is -1.13. The predicted molar refractivity (Wildman–Crippen MR) is 74.6 cm³/mol. The zero-order chi connectivity index (χ0) is 16.2. The monoisotopic (exact) mass is 308 g/mol. The van der Waals surface area contributed by atoms with E-state index in [1.54, 1.807) is 12.1 Å². The summed E-state index contributed by atoms with van der Waals surface area (Å²) in [5, 5.41) is 9.56. The number of ether oxygens (including phenoxy) is 1. The molecule has 0 unspecified atom stereocenters. The number of hydrogen-bond donors (Lipinski definition) is 1. The molecule has 22 heavy (non-hydrogen) atoms. The van der Waals surface area contributed by atoms with Crippen molar-refractivity contribution in [3.05, 3.63) is 65.7 Å². The first kappa shape index (κ1) is 15.6. The summed E-state index contributed by atoms with van der Waals surface area (Å²) in [6, 6.07) is 11.3. The van der Waals surface area contributed by atoms with Gasteiger partial charge >= 0.3 is 6.36 Å². The van der Waals surface area contributed by atoms with E-state index in [9.17, 15) is 23.1 Å². The standard InChI is InChI=1S/C16H11F3O3/c17-16(18,19)22-15-8-4-1-5-11(15)9-10-14(21)12-6-2-3-7-13(12)20/h1-10,20H/b10-9+. The quantitative estimate of drug-likeness (QED) is 0.680. The van der Waals surface area contributed by atoms with Crippen LogP contribution in [0.1, 0.15) is 15.9 Å². The minimum atomic E-state index is -4.81. The number of para-hydroxylation sites is 2. The number of benzene rings is 2. The van der Waals surface area contributed by atoms with Crippen LogP contribution in [-0.2, 0) is 0 Å². The van der Waals surface area contributed by atoms with Crippen LogP contribution in [0.5, 0.6) is 11.5 Å². The molecule has 114 valence electrons. The topological polar surface area (TPSA) is 46.5 Å². The Labute approximate surface area is 124 Å². The Bertz CT molecular complexity index is 706. The molecule has 0 atom stereocenters. The lowest BCUT2D eigenvalue weighted by Gasteiger charge is -2.10. The molecule has 6 heteroatoms. The van der Waals surface area contributed by atoms with Crippen LogP contribution in [-0.4, -0.2) is 17.3 Å². The summed E-state index contributed by atoms with van der Waals surface area (Å²) in [5.41, 5.74) is 0.163. The third kappa shape index (κ3) is 4.12. The lowest BCUT2D eigenvalue weighted by atomic mass is 10.1. The Morgan fingerprint density at radius 1 is 1.05 bits per heavy atom. The number of carbonyl (C=O) groups excluding carboxylic acids is 1. The summed E-state index contributed by atoms with van der Waals surface area (Å²) >= 11 is 0. The molecule has 2 rings (SSSR count). The fourth-order valence-electron chi connectivity index (χ4n) is 1.77. The van der Waals surface area contributed by atoms with E-state index in [0.717, 1.165) is 12.1 Å². The molecule has 2 aromatic carbocycles. The second-order valence-electron chi connectivity index (χ2n) is 4.30. The Balaban J connectivity index is 2.24. The minimum absolute atomic E-state index is 0.0629. The summed E-state index contributed by atoms with van der Waals surface area (Å²) in [6.07, 6.45) is -2.53. The Kier molecular flexibility index (Phi) is 4.50. The van der Waals surface area contributed by atoms with Gasteiger partial charge in [0.25, 0.3) is 0 Å². The van der Waals surface area contributed by atoms with Gasteiger partial charge in [0.15, 0.2) is 5.78 Å². The number of alkyl halides is 3. The number of aromatic hydroxyl groups is 1. The van der Waals surface area contributed by atoms with Crippen LogP contribution in [0.25, 0.3) is 6.08 Å². The lowest BCUT2D eigenvalue weighted by Crippen LogP contribution is -2.17. The third-order valence-corrected chi connectivity index (χ3v) is 2.73. The van der Waals surface area contributed by atoms with Gasteiger partial charge in [0.2, 0.25) is 0 Å². The zero-order valence-electron chi connectivity index (χ0n) is 11.2. The van der Waals surface area contributed by atoms with Gasteiger partial charge in [0, 0.05) is 5.56 Å². The van der Waals surface area contributed by atoms with Crippen molar-refractivity contribution < 1.29 is 27.8 Å². The van der Waals surface area contributed by atoms with Crippen LogP contribution in [0.2, 0.25) is 0 Å². The summed E-state index contributed by atoms with van der Waals surface area (Å²) < 4.78 is 40.8. The van der Waals surface area contributed by atoms with Crippen LogP contribution in [0.4, 0.5) is 13.2 Å².